The number of hydrogen-bond donors (Lipinski definition) is 1. The molecule has 3 heteroatoms. The molecule has 1 aromatic carbocycles. The fraction of sp³-hybridized carbons (Fsp3) is 0.462. The molecule has 0 aromatic heterocycles. The second-order valence-corrected chi connectivity index (χ2v) is 3.97. The molecule has 1 amide bonds. The molecular weight excluding hydrogens is 202 g/mol. The molecule has 0 fully saturated rings. The highest BCUT2D eigenvalue weighted by Gasteiger charge is 2.07. The Labute approximate surface area is 96.7 Å². The van der Waals surface area contributed by atoms with Gasteiger partial charge in [0.2, 0.25) is 0 Å². The number of unbranched alkanes of at least 4 members (excludes halogenated alkanes) is 2. The van der Waals surface area contributed by atoms with Crippen molar-refractivity contribution < 1.29 is 9.90 Å². The Morgan fingerprint density at radius 1 is 1.38 bits per heavy atom. The summed E-state index contributed by atoms with van der Waals surface area (Å²) in [4.78, 5) is 12.0. The average Bonchev–Trinajstić information content (AvgIpc) is 2.29. The second-order valence-electron chi connectivity index (χ2n) is 3.97. The van der Waals surface area contributed by atoms with Crippen LogP contribution in [0.25, 0.3) is 0 Å². The third-order valence-corrected chi connectivity index (χ3v) is 2.65. The van der Waals surface area contributed by atoms with Crippen molar-refractivity contribution >= 4 is 11.8 Å². The standard InChI is InChI=1S/C13H19NO2/c1-3-4-5-7-11-8-6-9-12(10-11)14(2)13(15)16/h6,8-10H,3-5,7H2,1-2H3,(H,15,16). The van der Waals surface area contributed by atoms with Gasteiger partial charge in [-0.25, -0.2) is 4.79 Å². The lowest BCUT2D eigenvalue weighted by atomic mass is 10.1. The summed E-state index contributed by atoms with van der Waals surface area (Å²) in [6, 6.07) is 7.73. The van der Waals surface area contributed by atoms with E-state index >= 15 is 0 Å². The van der Waals surface area contributed by atoms with Gasteiger partial charge in [0.1, 0.15) is 0 Å². The van der Waals surface area contributed by atoms with Gasteiger partial charge in [-0.15, -0.1) is 0 Å². The van der Waals surface area contributed by atoms with Gasteiger partial charge in [-0.3, -0.25) is 4.90 Å². The lowest BCUT2D eigenvalue weighted by Crippen LogP contribution is -2.23. The molecule has 3 nitrogen and oxygen atoms in total. The first kappa shape index (κ1) is 12.6. The minimum atomic E-state index is -0.925. The van der Waals surface area contributed by atoms with E-state index in [-0.39, 0.29) is 0 Å². The van der Waals surface area contributed by atoms with Crippen LogP contribution in [0.3, 0.4) is 0 Å². The predicted octanol–water partition coefficient (Wildman–Crippen LogP) is 3.53. The molecule has 1 aromatic rings. The van der Waals surface area contributed by atoms with Crippen LogP contribution in [-0.2, 0) is 6.42 Å². The van der Waals surface area contributed by atoms with E-state index in [1.165, 1.54) is 23.3 Å². The van der Waals surface area contributed by atoms with E-state index in [9.17, 15) is 4.79 Å². The molecule has 0 radical (unpaired) electrons. The Balaban J connectivity index is 2.67. The summed E-state index contributed by atoms with van der Waals surface area (Å²) in [5.41, 5.74) is 1.94. The molecule has 0 bridgehead atoms. The number of benzene rings is 1. The van der Waals surface area contributed by atoms with Crippen molar-refractivity contribution in [1.82, 2.24) is 0 Å². The van der Waals surface area contributed by atoms with Crippen LogP contribution in [0.2, 0.25) is 0 Å². The second kappa shape index (κ2) is 6.16. The Morgan fingerprint density at radius 3 is 2.75 bits per heavy atom. The molecule has 1 N–H and O–H groups in total. The monoisotopic (exact) mass is 221 g/mol. The van der Waals surface area contributed by atoms with Crippen LogP contribution in [0.15, 0.2) is 24.3 Å². The van der Waals surface area contributed by atoms with E-state index in [2.05, 4.69) is 13.0 Å². The smallest absolute Gasteiger partial charge is 0.411 e. The Bertz CT molecular complexity index is 350. The predicted molar refractivity (Wildman–Crippen MR) is 66.1 cm³/mol. The van der Waals surface area contributed by atoms with Gasteiger partial charge in [0, 0.05) is 12.7 Å². The molecule has 0 aliphatic carbocycles. The van der Waals surface area contributed by atoms with Gasteiger partial charge < -0.3 is 5.11 Å². The number of rotatable bonds is 5. The molecular formula is C13H19NO2. The molecule has 0 saturated carbocycles. The summed E-state index contributed by atoms with van der Waals surface area (Å²) in [7, 11) is 1.56. The molecule has 0 spiro atoms. The van der Waals surface area contributed by atoms with Crippen molar-refractivity contribution in [3.8, 4) is 0 Å². The highest BCUT2D eigenvalue weighted by atomic mass is 16.4. The summed E-state index contributed by atoms with van der Waals surface area (Å²) < 4.78 is 0. The van der Waals surface area contributed by atoms with Crippen LogP contribution < -0.4 is 4.90 Å². The van der Waals surface area contributed by atoms with Crippen molar-refractivity contribution in [3.05, 3.63) is 29.8 Å². The molecule has 0 unspecified atom stereocenters. The molecule has 16 heavy (non-hydrogen) atoms. The SMILES string of the molecule is CCCCCc1cccc(N(C)C(=O)O)c1. The third-order valence-electron chi connectivity index (χ3n) is 2.65. The summed E-state index contributed by atoms with van der Waals surface area (Å²) in [6.07, 6.45) is 3.69. The molecule has 0 aliphatic heterocycles. The zero-order chi connectivity index (χ0) is 12.0. The van der Waals surface area contributed by atoms with Crippen LogP contribution in [0.4, 0.5) is 10.5 Å². The number of amides is 1. The average molecular weight is 221 g/mol. The normalized spacial score (nSPS) is 10.1. The minimum absolute atomic E-state index is 0.737. The van der Waals surface area contributed by atoms with E-state index < -0.39 is 6.09 Å². The number of carbonyl (C=O) groups is 1. The van der Waals surface area contributed by atoms with Gasteiger partial charge in [-0.2, -0.15) is 0 Å². The summed E-state index contributed by atoms with van der Waals surface area (Å²) in [5, 5.41) is 8.87. The first-order chi connectivity index (χ1) is 7.65. The van der Waals surface area contributed by atoms with E-state index in [1.807, 2.05) is 18.2 Å². The number of aryl methyl sites for hydroxylation is 1. The van der Waals surface area contributed by atoms with Crippen LogP contribution in [0.5, 0.6) is 0 Å². The largest absolute Gasteiger partial charge is 0.465 e. The maximum absolute atomic E-state index is 10.8. The number of nitrogens with zero attached hydrogens (tertiary/aromatic N) is 1. The summed E-state index contributed by atoms with van der Waals surface area (Å²) in [5.74, 6) is 0. The molecule has 0 heterocycles. The van der Waals surface area contributed by atoms with Gasteiger partial charge in [-0.05, 0) is 30.5 Å². The Hall–Kier alpha value is -1.51. The lowest BCUT2D eigenvalue weighted by Gasteiger charge is -2.14. The van der Waals surface area contributed by atoms with Crippen molar-refractivity contribution in [3.63, 3.8) is 0 Å². The quantitative estimate of drug-likeness (QED) is 0.773. The molecule has 88 valence electrons. The van der Waals surface area contributed by atoms with Gasteiger partial charge in [0.15, 0.2) is 0 Å². The fourth-order valence-corrected chi connectivity index (χ4v) is 1.61. The fourth-order valence-electron chi connectivity index (χ4n) is 1.61. The van der Waals surface area contributed by atoms with Gasteiger partial charge >= 0.3 is 6.09 Å². The molecule has 0 saturated heterocycles. The zero-order valence-corrected chi connectivity index (χ0v) is 9.94. The van der Waals surface area contributed by atoms with E-state index in [1.54, 1.807) is 7.05 Å². The van der Waals surface area contributed by atoms with E-state index in [0.29, 0.717) is 0 Å². The molecule has 1 rings (SSSR count). The van der Waals surface area contributed by atoms with Crippen molar-refractivity contribution in [2.45, 2.75) is 32.6 Å². The highest BCUT2D eigenvalue weighted by Crippen LogP contribution is 2.16. The summed E-state index contributed by atoms with van der Waals surface area (Å²) in [6.45, 7) is 2.18. The molecule has 0 atom stereocenters. The number of carboxylic acid groups (broad SMARTS) is 1. The van der Waals surface area contributed by atoms with Gasteiger partial charge in [0.05, 0.1) is 0 Å². The van der Waals surface area contributed by atoms with E-state index in [4.69, 9.17) is 5.11 Å². The summed E-state index contributed by atoms with van der Waals surface area (Å²) >= 11 is 0. The maximum atomic E-state index is 10.8. The van der Waals surface area contributed by atoms with Crippen molar-refractivity contribution in [2.75, 3.05) is 11.9 Å². The van der Waals surface area contributed by atoms with Gasteiger partial charge in [-0.1, -0.05) is 31.9 Å². The molecule has 0 aliphatic rings. The number of hydrogen-bond acceptors (Lipinski definition) is 1. The van der Waals surface area contributed by atoms with Crippen LogP contribution in [0, 0.1) is 0 Å². The first-order valence-electron chi connectivity index (χ1n) is 5.70. The number of anilines is 1. The first-order valence-corrected chi connectivity index (χ1v) is 5.70. The third kappa shape index (κ3) is 3.57. The van der Waals surface area contributed by atoms with Crippen molar-refractivity contribution in [2.24, 2.45) is 0 Å². The topological polar surface area (TPSA) is 40.5 Å². The lowest BCUT2D eigenvalue weighted by molar-refractivity contribution is 0.203. The van der Waals surface area contributed by atoms with Crippen LogP contribution in [-0.4, -0.2) is 18.2 Å². The van der Waals surface area contributed by atoms with Crippen LogP contribution >= 0.6 is 0 Å². The van der Waals surface area contributed by atoms with Gasteiger partial charge in [0.25, 0.3) is 0 Å². The van der Waals surface area contributed by atoms with E-state index in [0.717, 1.165) is 18.5 Å². The van der Waals surface area contributed by atoms with Crippen molar-refractivity contribution in [1.29, 1.82) is 0 Å². The maximum Gasteiger partial charge on any atom is 0.411 e. The minimum Gasteiger partial charge on any atom is -0.465 e. The Morgan fingerprint density at radius 2 is 2.12 bits per heavy atom. The van der Waals surface area contributed by atoms with Crippen LogP contribution in [0.1, 0.15) is 31.7 Å². The zero-order valence-electron chi connectivity index (χ0n) is 9.94. The highest BCUT2D eigenvalue weighted by molar-refractivity contribution is 5.85. The Kier molecular flexibility index (Phi) is 4.83.